The van der Waals surface area contributed by atoms with Crippen molar-refractivity contribution in [3.8, 4) is 5.75 Å². The van der Waals surface area contributed by atoms with Crippen molar-refractivity contribution in [2.75, 3.05) is 24.4 Å². The van der Waals surface area contributed by atoms with Crippen LogP contribution in [0.5, 0.6) is 5.75 Å². The number of nitrogens with one attached hydrogen (secondary N) is 1. The van der Waals surface area contributed by atoms with Gasteiger partial charge >= 0.3 is 0 Å². The van der Waals surface area contributed by atoms with Crippen molar-refractivity contribution in [1.82, 2.24) is 0 Å². The first-order valence-corrected chi connectivity index (χ1v) is 8.25. The molecule has 0 aliphatic rings. The fourth-order valence-corrected chi connectivity index (χ4v) is 2.54. The first-order valence-electron chi connectivity index (χ1n) is 6.36. The molecule has 0 radical (unpaired) electrons. The third-order valence-corrected chi connectivity index (χ3v) is 4.13. The van der Waals surface area contributed by atoms with Crippen LogP contribution in [0.2, 0.25) is 0 Å². The van der Waals surface area contributed by atoms with Crippen LogP contribution in [0.25, 0.3) is 0 Å². The highest BCUT2D eigenvalue weighted by molar-refractivity contribution is 7.90. The van der Waals surface area contributed by atoms with Crippen molar-refractivity contribution in [2.45, 2.75) is 4.90 Å². The van der Waals surface area contributed by atoms with Gasteiger partial charge in [0.15, 0.2) is 9.84 Å². The van der Waals surface area contributed by atoms with E-state index >= 15 is 0 Å². The number of carbonyl (C=O) groups excluding carboxylic acids is 1. The summed E-state index contributed by atoms with van der Waals surface area (Å²) in [5.74, 6) is 0.124. The zero-order valence-corrected chi connectivity index (χ0v) is 13.0. The molecule has 0 heterocycles. The number of rotatable bonds is 4. The second-order valence-corrected chi connectivity index (χ2v) is 6.72. The van der Waals surface area contributed by atoms with Crippen LogP contribution in [0, 0.1) is 0 Å². The van der Waals surface area contributed by atoms with Gasteiger partial charge in [-0.2, -0.15) is 0 Å². The van der Waals surface area contributed by atoms with Crippen molar-refractivity contribution < 1.29 is 17.9 Å². The molecule has 2 aromatic carbocycles. The van der Waals surface area contributed by atoms with Crippen LogP contribution in [0.1, 0.15) is 10.4 Å². The normalized spacial score (nSPS) is 11.0. The SMILES string of the molecule is COc1ccc(C(=O)Nc2cccc(S(C)(=O)=O)c2)c(N)c1. The van der Waals surface area contributed by atoms with Crippen LogP contribution in [0.4, 0.5) is 11.4 Å². The molecule has 0 aromatic heterocycles. The number of nitrogen functional groups attached to an aromatic ring is 1. The van der Waals surface area contributed by atoms with E-state index in [-0.39, 0.29) is 16.1 Å². The molecule has 0 saturated heterocycles. The van der Waals surface area contributed by atoms with E-state index < -0.39 is 15.7 Å². The number of hydrogen-bond donors (Lipinski definition) is 2. The second-order valence-electron chi connectivity index (χ2n) is 4.71. The number of carbonyl (C=O) groups is 1. The Morgan fingerprint density at radius 1 is 1.18 bits per heavy atom. The standard InChI is InChI=1S/C15H16N2O4S/c1-21-11-6-7-13(14(16)9-11)15(18)17-10-4-3-5-12(8-10)22(2,19)20/h3-9H,16H2,1-2H3,(H,17,18). The molecule has 0 aliphatic carbocycles. The third-order valence-electron chi connectivity index (χ3n) is 3.02. The molecule has 7 heteroatoms. The smallest absolute Gasteiger partial charge is 0.257 e. The van der Waals surface area contributed by atoms with Crippen LogP contribution in [0.3, 0.4) is 0 Å². The number of benzene rings is 2. The number of anilines is 2. The summed E-state index contributed by atoms with van der Waals surface area (Å²) in [4.78, 5) is 12.3. The molecule has 2 rings (SSSR count). The molecule has 116 valence electrons. The third kappa shape index (κ3) is 3.56. The van der Waals surface area contributed by atoms with Crippen molar-refractivity contribution in [3.63, 3.8) is 0 Å². The second kappa shape index (κ2) is 6.07. The minimum absolute atomic E-state index is 0.132. The van der Waals surface area contributed by atoms with E-state index in [2.05, 4.69) is 5.32 Å². The molecule has 6 nitrogen and oxygen atoms in total. The van der Waals surface area contributed by atoms with E-state index in [1.165, 1.54) is 19.2 Å². The Labute approximate surface area is 128 Å². The van der Waals surface area contributed by atoms with E-state index in [4.69, 9.17) is 10.5 Å². The van der Waals surface area contributed by atoms with E-state index in [1.54, 1.807) is 30.3 Å². The molecule has 0 bridgehead atoms. The van der Waals surface area contributed by atoms with Gasteiger partial charge in [0.1, 0.15) is 5.75 Å². The molecule has 0 atom stereocenters. The molecular formula is C15H16N2O4S. The lowest BCUT2D eigenvalue weighted by molar-refractivity contribution is 0.102. The zero-order chi connectivity index (χ0) is 16.3. The van der Waals surface area contributed by atoms with Crippen molar-refractivity contribution in [1.29, 1.82) is 0 Å². The summed E-state index contributed by atoms with van der Waals surface area (Å²) in [6.45, 7) is 0. The van der Waals surface area contributed by atoms with Crippen LogP contribution in [-0.2, 0) is 9.84 Å². The predicted molar refractivity (Wildman–Crippen MR) is 84.9 cm³/mol. The van der Waals surface area contributed by atoms with Crippen LogP contribution in [0.15, 0.2) is 47.4 Å². The Kier molecular flexibility index (Phi) is 4.37. The summed E-state index contributed by atoms with van der Waals surface area (Å²) in [7, 11) is -1.83. The Bertz CT molecular complexity index is 816. The van der Waals surface area contributed by atoms with E-state index in [1.807, 2.05) is 0 Å². The van der Waals surface area contributed by atoms with Crippen LogP contribution >= 0.6 is 0 Å². The van der Waals surface area contributed by atoms with Crippen molar-refractivity contribution in [3.05, 3.63) is 48.0 Å². The number of nitrogens with two attached hydrogens (primary N) is 1. The van der Waals surface area contributed by atoms with Gasteiger partial charge < -0.3 is 15.8 Å². The minimum Gasteiger partial charge on any atom is -0.497 e. The molecule has 0 spiro atoms. The molecule has 1 amide bonds. The van der Waals surface area contributed by atoms with Gasteiger partial charge in [0.2, 0.25) is 0 Å². The molecule has 3 N–H and O–H groups in total. The number of ether oxygens (including phenoxy) is 1. The van der Waals surface area contributed by atoms with Crippen LogP contribution < -0.4 is 15.8 Å². The van der Waals surface area contributed by atoms with E-state index in [9.17, 15) is 13.2 Å². The average molecular weight is 320 g/mol. The average Bonchev–Trinajstić information content (AvgIpc) is 2.46. The molecule has 0 unspecified atom stereocenters. The fourth-order valence-electron chi connectivity index (χ4n) is 1.88. The summed E-state index contributed by atoms with van der Waals surface area (Å²) in [6, 6.07) is 10.7. The first kappa shape index (κ1) is 15.8. The van der Waals surface area contributed by atoms with Crippen molar-refractivity contribution >= 4 is 27.1 Å². The van der Waals surface area contributed by atoms with Gasteiger partial charge in [-0.1, -0.05) is 6.07 Å². The predicted octanol–water partition coefficient (Wildman–Crippen LogP) is 1.93. The maximum Gasteiger partial charge on any atom is 0.257 e. The summed E-state index contributed by atoms with van der Waals surface area (Å²) in [6.07, 6.45) is 1.11. The first-order chi connectivity index (χ1) is 10.3. The topological polar surface area (TPSA) is 98.5 Å². The Balaban J connectivity index is 2.26. The van der Waals surface area contributed by atoms with Gasteiger partial charge in [-0.25, -0.2) is 8.42 Å². The lowest BCUT2D eigenvalue weighted by Gasteiger charge is -2.09. The van der Waals surface area contributed by atoms with Gasteiger partial charge in [0.05, 0.1) is 17.6 Å². The molecule has 2 aromatic rings. The maximum absolute atomic E-state index is 12.2. The zero-order valence-electron chi connectivity index (χ0n) is 12.2. The van der Waals surface area contributed by atoms with Gasteiger partial charge in [-0.3, -0.25) is 4.79 Å². The lowest BCUT2D eigenvalue weighted by atomic mass is 10.1. The molecule has 22 heavy (non-hydrogen) atoms. The van der Waals surface area contributed by atoms with Gasteiger partial charge in [-0.05, 0) is 30.3 Å². The summed E-state index contributed by atoms with van der Waals surface area (Å²) in [5.41, 5.74) is 6.75. The Morgan fingerprint density at radius 3 is 2.50 bits per heavy atom. The number of sulfone groups is 1. The number of amides is 1. The molecule has 0 saturated carbocycles. The van der Waals surface area contributed by atoms with Crippen LogP contribution in [-0.4, -0.2) is 27.7 Å². The monoisotopic (exact) mass is 320 g/mol. The minimum atomic E-state index is -3.34. The van der Waals surface area contributed by atoms with Gasteiger partial charge in [0, 0.05) is 23.7 Å². The Morgan fingerprint density at radius 2 is 1.91 bits per heavy atom. The maximum atomic E-state index is 12.2. The summed E-state index contributed by atoms with van der Waals surface area (Å²) in [5, 5.41) is 2.62. The highest BCUT2D eigenvalue weighted by atomic mass is 32.2. The summed E-state index contributed by atoms with van der Waals surface area (Å²) < 4.78 is 28.1. The quantitative estimate of drug-likeness (QED) is 0.839. The number of hydrogen-bond acceptors (Lipinski definition) is 5. The van der Waals surface area contributed by atoms with E-state index in [0.717, 1.165) is 6.26 Å². The largest absolute Gasteiger partial charge is 0.497 e. The fraction of sp³-hybridized carbons (Fsp3) is 0.133. The Hall–Kier alpha value is -2.54. The van der Waals surface area contributed by atoms with Gasteiger partial charge in [-0.15, -0.1) is 0 Å². The highest BCUT2D eigenvalue weighted by Gasteiger charge is 2.13. The highest BCUT2D eigenvalue weighted by Crippen LogP contribution is 2.21. The molecular weight excluding hydrogens is 304 g/mol. The molecule has 0 aliphatic heterocycles. The van der Waals surface area contributed by atoms with Crippen molar-refractivity contribution in [2.24, 2.45) is 0 Å². The summed E-state index contributed by atoms with van der Waals surface area (Å²) >= 11 is 0. The molecule has 0 fully saturated rings. The number of methoxy groups -OCH3 is 1. The van der Waals surface area contributed by atoms with Gasteiger partial charge in [0.25, 0.3) is 5.91 Å². The lowest BCUT2D eigenvalue weighted by Crippen LogP contribution is -2.14. The van der Waals surface area contributed by atoms with E-state index in [0.29, 0.717) is 11.4 Å².